The second-order valence-corrected chi connectivity index (χ2v) is 16.4. The van der Waals surface area contributed by atoms with E-state index < -0.39 is 39.0 Å². The number of carbonyl (C=O) groups excluding carboxylic acids is 1. The zero-order valence-corrected chi connectivity index (χ0v) is 29.7. The first kappa shape index (κ1) is 35.9. The highest BCUT2D eigenvalue weighted by Gasteiger charge is 2.44. The van der Waals surface area contributed by atoms with Crippen LogP contribution >= 0.6 is 11.6 Å². The summed E-state index contributed by atoms with van der Waals surface area (Å²) in [4.78, 5) is 22.3. The predicted molar refractivity (Wildman–Crippen MR) is 187 cm³/mol. The minimum atomic E-state index is -4.74. The van der Waals surface area contributed by atoms with E-state index in [0.29, 0.717) is 44.1 Å². The molecule has 272 valence electrons. The predicted octanol–water partition coefficient (Wildman–Crippen LogP) is 7.41. The fourth-order valence-corrected chi connectivity index (χ4v) is 9.93. The fraction of sp³-hybridized carbons (Fsp3) is 0.459. The molecule has 14 heteroatoms. The van der Waals surface area contributed by atoms with Crippen molar-refractivity contribution in [1.82, 2.24) is 24.1 Å². The normalized spacial score (nSPS) is 22.5. The Hall–Kier alpha value is -3.52. The highest BCUT2D eigenvalue weighted by atomic mass is 35.5. The third-order valence-corrected chi connectivity index (χ3v) is 13.0. The van der Waals surface area contributed by atoms with Gasteiger partial charge < -0.3 is 9.47 Å². The number of para-hydroxylation sites is 2. The Morgan fingerprint density at radius 2 is 1.69 bits per heavy atom. The molecule has 8 nitrogen and oxygen atoms in total. The zero-order chi connectivity index (χ0) is 36.1. The van der Waals surface area contributed by atoms with Gasteiger partial charge in [0, 0.05) is 31.2 Å². The third-order valence-electron chi connectivity index (χ3n) is 11.2. The van der Waals surface area contributed by atoms with Crippen LogP contribution in [-0.2, 0) is 15.4 Å². The molecule has 0 aliphatic carbocycles. The molecule has 3 atom stereocenters. The maximum absolute atomic E-state index is 14.7. The molecule has 1 aromatic heterocycles. The van der Waals surface area contributed by atoms with Gasteiger partial charge in [0.15, 0.2) is 0 Å². The van der Waals surface area contributed by atoms with Gasteiger partial charge in [0.05, 0.1) is 26.5 Å². The first-order chi connectivity index (χ1) is 24.2. The quantitative estimate of drug-likeness (QED) is 0.181. The highest BCUT2D eigenvalue weighted by Crippen LogP contribution is 2.45. The van der Waals surface area contributed by atoms with Crippen LogP contribution in [0.5, 0.6) is 0 Å². The van der Waals surface area contributed by atoms with Crippen LogP contribution in [0.15, 0.2) is 71.6 Å². The molecule has 0 radical (unpaired) electrons. The Kier molecular flexibility index (Phi) is 9.70. The zero-order valence-electron chi connectivity index (χ0n) is 28.2. The van der Waals surface area contributed by atoms with Crippen molar-refractivity contribution < 1.29 is 30.8 Å². The summed E-state index contributed by atoms with van der Waals surface area (Å²) in [6.07, 6.45) is 1.47. The number of nitrogens with zero attached hydrogens (tertiary/aromatic N) is 4. The van der Waals surface area contributed by atoms with Gasteiger partial charge in [-0.1, -0.05) is 35.9 Å². The van der Waals surface area contributed by atoms with E-state index in [1.54, 1.807) is 17.0 Å². The van der Waals surface area contributed by atoms with Crippen molar-refractivity contribution in [3.63, 3.8) is 0 Å². The standard InChI is InChI=1S/C37H40ClF4N5O3S/c1-24-44-33-7-2-3-8-34(33)47(24)29-20-27-9-10-28(21-29)46(27)18-15-36(25-5-4-6-26(39)19-25)13-16-45(17-14-36)35(48)31-22-30(11-12-32(31)38)51(49,50)43-23-37(40,41)42/h2-8,11-12,19,22,27-29,43H,9-10,13-18,20-21,23H2,1H3/t27-,28+,29?. The lowest BCUT2D eigenvalue weighted by atomic mass is 9.70. The minimum Gasteiger partial charge on any atom is -0.339 e. The second kappa shape index (κ2) is 13.8. The maximum Gasteiger partial charge on any atom is 0.402 e. The number of hydrogen-bond donors (Lipinski definition) is 1. The van der Waals surface area contributed by atoms with Crippen molar-refractivity contribution in [1.29, 1.82) is 0 Å². The smallest absolute Gasteiger partial charge is 0.339 e. The fourth-order valence-electron chi connectivity index (χ4n) is 8.70. The van der Waals surface area contributed by atoms with E-state index >= 15 is 0 Å². The Morgan fingerprint density at radius 1 is 0.980 bits per heavy atom. The molecule has 4 heterocycles. The number of benzene rings is 3. The molecule has 3 fully saturated rings. The van der Waals surface area contributed by atoms with Crippen LogP contribution in [0, 0.1) is 12.7 Å². The number of rotatable bonds is 9. The van der Waals surface area contributed by atoms with Gasteiger partial charge in [-0.25, -0.2) is 22.5 Å². The van der Waals surface area contributed by atoms with Crippen molar-refractivity contribution in [3.05, 3.63) is 94.5 Å². The van der Waals surface area contributed by atoms with E-state index in [4.69, 9.17) is 16.6 Å². The number of sulfonamides is 1. The molecule has 51 heavy (non-hydrogen) atoms. The highest BCUT2D eigenvalue weighted by molar-refractivity contribution is 7.89. The third kappa shape index (κ3) is 7.27. The van der Waals surface area contributed by atoms with Gasteiger partial charge in [-0.15, -0.1) is 0 Å². The number of halogens is 5. The van der Waals surface area contributed by atoms with Crippen LogP contribution in [-0.4, -0.2) is 78.1 Å². The molecule has 3 aliphatic heterocycles. The molecule has 3 aliphatic rings. The van der Waals surface area contributed by atoms with E-state index in [-0.39, 0.29) is 16.4 Å². The lowest BCUT2D eigenvalue weighted by Gasteiger charge is -2.45. The molecule has 1 N–H and O–H groups in total. The first-order valence-electron chi connectivity index (χ1n) is 17.3. The topological polar surface area (TPSA) is 87.5 Å². The van der Waals surface area contributed by atoms with Crippen LogP contribution in [0.1, 0.15) is 72.7 Å². The number of imidazole rings is 1. The summed E-state index contributed by atoms with van der Waals surface area (Å²) in [5.41, 5.74) is 2.57. The first-order valence-corrected chi connectivity index (χ1v) is 19.2. The molecule has 7 rings (SSSR count). The van der Waals surface area contributed by atoms with Crippen molar-refractivity contribution >= 4 is 38.6 Å². The van der Waals surface area contributed by atoms with Crippen molar-refractivity contribution in [2.45, 2.75) is 86.5 Å². The number of fused-ring (bicyclic) bond motifs is 3. The van der Waals surface area contributed by atoms with Crippen LogP contribution in [0.2, 0.25) is 5.02 Å². The summed E-state index contributed by atoms with van der Waals surface area (Å²) in [5.74, 6) is 0.203. The lowest BCUT2D eigenvalue weighted by molar-refractivity contribution is -0.121. The molecule has 1 amide bonds. The van der Waals surface area contributed by atoms with Gasteiger partial charge >= 0.3 is 6.18 Å². The summed E-state index contributed by atoms with van der Waals surface area (Å²) < 4.78 is 81.9. The number of carbonyl (C=O) groups is 1. The maximum atomic E-state index is 14.7. The van der Waals surface area contributed by atoms with Crippen LogP contribution in [0.4, 0.5) is 17.6 Å². The van der Waals surface area contributed by atoms with E-state index in [2.05, 4.69) is 34.6 Å². The summed E-state index contributed by atoms with van der Waals surface area (Å²) in [6, 6.07) is 19.5. The Morgan fingerprint density at radius 3 is 2.37 bits per heavy atom. The van der Waals surface area contributed by atoms with E-state index in [0.717, 1.165) is 67.7 Å². The number of nitrogens with one attached hydrogen (secondary N) is 1. The van der Waals surface area contributed by atoms with E-state index in [1.807, 2.05) is 12.1 Å². The van der Waals surface area contributed by atoms with Crippen LogP contribution in [0.3, 0.4) is 0 Å². The molecule has 0 spiro atoms. The van der Waals surface area contributed by atoms with Gasteiger partial charge in [0.25, 0.3) is 5.91 Å². The molecule has 3 saturated heterocycles. The number of amides is 1. The van der Waals surface area contributed by atoms with Crippen molar-refractivity contribution in [2.75, 3.05) is 26.2 Å². The second-order valence-electron chi connectivity index (χ2n) is 14.2. The molecular formula is C37H40ClF4N5O3S. The van der Waals surface area contributed by atoms with Crippen LogP contribution < -0.4 is 4.72 Å². The number of likely N-dealkylation sites (tertiary alicyclic amines) is 1. The molecule has 1 unspecified atom stereocenters. The van der Waals surface area contributed by atoms with Crippen LogP contribution in [0.25, 0.3) is 11.0 Å². The van der Waals surface area contributed by atoms with Gasteiger partial charge in [-0.3, -0.25) is 9.69 Å². The number of aryl methyl sites for hydroxylation is 1. The number of piperidine rings is 2. The number of hydrogen-bond acceptors (Lipinski definition) is 5. The van der Waals surface area contributed by atoms with Gasteiger partial charge in [-0.05, 0) is 112 Å². The summed E-state index contributed by atoms with van der Waals surface area (Å²) >= 11 is 6.33. The Bertz CT molecular complexity index is 2030. The summed E-state index contributed by atoms with van der Waals surface area (Å²) in [7, 11) is -4.55. The average Bonchev–Trinajstić information content (AvgIpc) is 3.56. The SMILES string of the molecule is Cc1nc2ccccc2n1C1C[C@H]2CC[C@@H](C1)N2CCC1(c2cccc(F)c2)CCN(C(=O)c2cc(S(=O)(=O)NCC(F)(F)F)ccc2Cl)CC1. The molecule has 3 aromatic carbocycles. The molecular weight excluding hydrogens is 706 g/mol. The Labute approximate surface area is 299 Å². The van der Waals surface area contributed by atoms with E-state index in [1.165, 1.54) is 22.4 Å². The largest absolute Gasteiger partial charge is 0.402 e. The summed E-state index contributed by atoms with van der Waals surface area (Å²) in [6.45, 7) is 1.81. The van der Waals surface area contributed by atoms with Gasteiger partial charge in [0.1, 0.15) is 18.2 Å². The van der Waals surface area contributed by atoms with Crippen molar-refractivity contribution in [2.24, 2.45) is 0 Å². The minimum absolute atomic E-state index is 0.00509. The van der Waals surface area contributed by atoms with Gasteiger partial charge in [-0.2, -0.15) is 13.2 Å². The molecule has 2 bridgehead atoms. The van der Waals surface area contributed by atoms with E-state index in [9.17, 15) is 30.8 Å². The van der Waals surface area contributed by atoms with Gasteiger partial charge in [0.2, 0.25) is 10.0 Å². The lowest BCUT2D eigenvalue weighted by Crippen LogP contribution is -2.49. The number of aromatic nitrogens is 2. The Balaban J connectivity index is 1.06. The molecule has 0 saturated carbocycles. The van der Waals surface area contributed by atoms with Crippen molar-refractivity contribution in [3.8, 4) is 0 Å². The number of alkyl halides is 3. The average molecular weight is 746 g/mol. The molecule has 4 aromatic rings. The monoisotopic (exact) mass is 745 g/mol. The summed E-state index contributed by atoms with van der Waals surface area (Å²) in [5, 5.41) is -0.00509.